The third kappa shape index (κ3) is 7.00. The summed E-state index contributed by atoms with van der Waals surface area (Å²) in [7, 11) is 0. The number of likely N-dealkylation sites (tertiary alicyclic amines) is 1. The Morgan fingerprint density at radius 3 is 2.48 bits per heavy atom. The van der Waals surface area contributed by atoms with Crippen molar-refractivity contribution in [3.63, 3.8) is 0 Å². The molecule has 0 aromatic heterocycles. The van der Waals surface area contributed by atoms with Crippen LogP contribution in [0.4, 0.5) is 4.79 Å². The second-order valence-corrected chi connectivity index (χ2v) is 9.09. The molecule has 0 unspecified atom stereocenters. The van der Waals surface area contributed by atoms with Crippen molar-refractivity contribution in [1.29, 1.82) is 0 Å². The summed E-state index contributed by atoms with van der Waals surface area (Å²) in [6, 6.07) is 11.0. The highest BCUT2D eigenvalue weighted by Crippen LogP contribution is 2.37. The van der Waals surface area contributed by atoms with Gasteiger partial charge in [0.25, 0.3) is 0 Å². The Kier molecular flexibility index (Phi) is 8.37. The molecule has 0 spiro atoms. The molecule has 1 aromatic rings. The van der Waals surface area contributed by atoms with E-state index in [2.05, 4.69) is 47.5 Å². The summed E-state index contributed by atoms with van der Waals surface area (Å²) in [4.78, 5) is 13.5. The zero-order valence-corrected chi connectivity index (χ0v) is 17.9. The van der Waals surface area contributed by atoms with E-state index in [9.17, 15) is 4.79 Å². The van der Waals surface area contributed by atoms with E-state index in [1.807, 2.05) is 0 Å². The molecule has 162 valence electrons. The first-order valence-electron chi connectivity index (χ1n) is 11.4. The number of carboxylic acid groups (broad SMARTS) is 1. The summed E-state index contributed by atoms with van der Waals surface area (Å²) in [6.07, 6.45) is 8.13. The molecule has 1 saturated heterocycles. The first-order chi connectivity index (χ1) is 14.1. The van der Waals surface area contributed by atoms with Crippen LogP contribution in [0.15, 0.2) is 30.3 Å². The van der Waals surface area contributed by atoms with Gasteiger partial charge in [-0.3, -0.25) is 0 Å². The SMILES string of the molecule is CCOCC1(CCc2ccccc2)CCN(CC2CCC(NC(=O)O)CC2)CC1. The van der Waals surface area contributed by atoms with E-state index in [4.69, 9.17) is 9.84 Å². The molecule has 3 rings (SSSR count). The van der Waals surface area contributed by atoms with Crippen molar-refractivity contribution in [1.82, 2.24) is 10.2 Å². The second-order valence-electron chi connectivity index (χ2n) is 9.09. The van der Waals surface area contributed by atoms with Crippen LogP contribution in [0, 0.1) is 11.3 Å². The van der Waals surface area contributed by atoms with Gasteiger partial charge in [0.15, 0.2) is 0 Å². The molecule has 0 atom stereocenters. The highest BCUT2D eigenvalue weighted by Gasteiger charge is 2.35. The number of amides is 1. The van der Waals surface area contributed by atoms with E-state index in [0.717, 1.165) is 58.4 Å². The maximum Gasteiger partial charge on any atom is 0.404 e. The van der Waals surface area contributed by atoms with Crippen molar-refractivity contribution in [3.05, 3.63) is 35.9 Å². The molecule has 1 heterocycles. The largest absolute Gasteiger partial charge is 0.465 e. The molecular weight excluding hydrogens is 364 g/mol. The van der Waals surface area contributed by atoms with Gasteiger partial charge in [-0.15, -0.1) is 0 Å². The molecule has 5 nitrogen and oxygen atoms in total. The Balaban J connectivity index is 1.45. The first kappa shape index (κ1) is 22.1. The molecule has 5 heteroatoms. The zero-order chi connectivity index (χ0) is 20.5. The number of carbonyl (C=O) groups is 1. The van der Waals surface area contributed by atoms with Gasteiger partial charge in [0.05, 0.1) is 6.61 Å². The number of nitrogens with zero attached hydrogens (tertiary/aromatic N) is 1. The molecular formula is C24H38N2O3. The molecule has 1 amide bonds. The van der Waals surface area contributed by atoms with Crippen molar-refractivity contribution >= 4 is 6.09 Å². The van der Waals surface area contributed by atoms with Gasteiger partial charge >= 0.3 is 6.09 Å². The molecule has 0 bridgehead atoms. The number of piperidine rings is 1. The van der Waals surface area contributed by atoms with Crippen LogP contribution in [0.5, 0.6) is 0 Å². The van der Waals surface area contributed by atoms with E-state index in [-0.39, 0.29) is 6.04 Å². The van der Waals surface area contributed by atoms with Gasteiger partial charge in [-0.05, 0) is 88.3 Å². The van der Waals surface area contributed by atoms with Gasteiger partial charge in [-0.1, -0.05) is 30.3 Å². The average molecular weight is 403 g/mol. The summed E-state index contributed by atoms with van der Waals surface area (Å²) < 4.78 is 5.92. The molecule has 1 aromatic carbocycles. The van der Waals surface area contributed by atoms with Gasteiger partial charge in [0.1, 0.15) is 0 Å². The van der Waals surface area contributed by atoms with E-state index >= 15 is 0 Å². The molecule has 1 saturated carbocycles. The smallest absolute Gasteiger partial charge is 0.404 e. The van der Waals surface area contributed by atoms with Crippen molar-refractivity contribution in [2.24, 2.45) is 11.3 Å². The third-order valence-electron chi connectivity index (χ3n) is 7.01. The lowest BCUT2D eigenvalue weighted by atomic mass is 9.74. The van der Waals surface area contributed by atoms with E-state index in [1.165, 1.54) is 31.4 Å². The van der Waals surface area contributed by atoms with Crippen molar-refractivity contribution in [2.45, 2.75) is 64.3 Å². The maximum absolute atomic E-state index is 10.8. The lowest BCUT2D eigenvalue weighted by molar-refractivity contribution is -0.00484. The van der Waals surface area contributed by atoms with Gasteiger partial charge in [0.2, 0.25) is 0 Å². The maximum atomic E-state index is 10.8. The van der Waals surface area contributed by atoms with Crippen molar-refractivity contribution in [2.75, 3.05) is 32.8 Å². The lowest BCUT2D eigenvalue weighted by Gasteiger charge is -2.43. The lowest BCUT2D eigenvalue weighted by Crippen LogP contribution is -2.45. The Hall–Kier alpha value is -1.59. The molecule has 1 aliphatic carbocycles. The number of ether oxygens (including phenoxy) is 1. The quantitative estimate of drug-likeness (QED) is 0.635. The zero-order valence-electron chi connectivity index (χ0n) is 17.9. The Bertz CT molecular complexity index is 606. The Labute approximate surface area is 175 Å². The fourth-order valence-corrected chi connectivity index (χ4v) is 5.08. The molecule has 2 N–H and O–H groups in total. The summed E-state index contributed by atoms with van der Waals surface area (Å²) in [6.45, 7) is 7.27. The number of nitrogens with one attached hydrogen (secondary N) is 1. The average Bonchev–Trinajstić information content (AvgIpc) is 2.74. The van der Waals surface area contributed by atoms with Crippen LogP contribution in [0.2, 0.25) is 0 Å². The number of hydrogen-bond donors (Lipinski definition) is 2. The monoisotopic (exact) mass is 402 g/mol. The van der Waals surface area contributed by atoms with Gasteiger partial charge in [0, 0.05) is 19.2 Å². The first-order valence-corrected chi connectivity index (χ1v) is 11.4. The van der Waals surface area contributed by atoms with E-state index in [1.54, 1.807) is 0 Å². The van der Waals surface area contributed by atoms with Crippen LogP contribution in [0.3, 0.4) is 0 Å². The van der Waals surface area contributed by atoms with Crippen molar-refractivity contribution in [3.8, 4) is 0 Å². The topological polar surface area (TPSA) is 61.8 Å². The van der Waals surface area contributed by atoms with Crippen LogP contribution in [0.25, 0.3) is 0 Å². The van der Waals surface area contributed by atoms with E-state index < -0.39 is 6.09 Å². The van der Waals surface area contributed by atoms with Crippen LogP contribution >= 0.6 is 0 Å². The predicted molar refractivity (Wildman–Crippen MR) is 116 cm³/mol. The fraction of sp³-hybridized carbons (Fsp3) is 0.708. The number of aryl methyl sites for hydroxylation is 1. The third-order valence-corrected chi connectivity index (χ3v) is 7.01. The van der Waals surface area contributed by atoms with E-state index in [0.29, 0.717) is 11.3 Å². The molecule has 2 fully saturated rings. The highest BCUT2D eigenvalue weighted by atomic mass is 16.5. The van der Waals surface area contributed by atoms with Crippen LogP contribution in [-0.2, 0) is 11.2 Å². The van der Waals surface area contributed by atoms with Crippen LogP contribution in [0.1, 0.15) is 57.4 Å². The fourth-order valence-electron chi connectivity index (χ4n) is 5.08. The summed E-state index contributed by atoms with van der Waals surface area (Å²) in [5, 5.41) is 11.5. The van der Waals surface area contributed by atoms with Gasteiger partial charge < -0.3 is 20.1 Å². The number of rotatable bonds is 9. The molecule has 0 radical (unpaired) electrons. The number of hydrogen-bond acceptors (Lipinski definition) is 3. The molecule has 29 heavy (non-hydrogen) atoms. The highest BCUT2D eigenvalue weighted by molar-refractivity contribution is 5.64. The van der Waals surface area contributed by atoms with Gasteiger partial charge in [-0.25, -0.2) is 4.79 Å². The Morgan fingerprint density at radius 2 is 1.86 bits per heavy atom. The van der Waals surface area contributed by atoms with Crippen LogP contribution < -0.4 is 5.32 Å². The summed E-state index contributed by atoms with van der Waals surface area (Å²) in [5.74, 6) is 0.713. The normalized spacial score (nSPS) is 24.9. The minimum absolute atomic E-state index is 0.155. The summed E-state index contributed by atoms with van der Waals surface area (Å²) >= 11 is 0. The molecule has 1 aliphatic heterocycles. The predicted octanol–water partition coefficient (Wildman–Crippen LogP) is 4.56. The summed E-state index contributed by atoms with van der Waals surface area (Å²) in [5.41, 5.74) is 1.74. The minimum atomic E-state index is -0.884. The Morgan fingerprint density at radius 1 is 1.17 bits per heavy atom. The minimum Gasteiger partial charge on any atom is -0.465 e. The number of benzene rings is 1. The molecule has 2 aliphatic rings. The standard InChI is InChI=1S/C24H38N2O3/c1-2-29-19-24(13-12-20-6-4-3-5-7-20)14-16-26(17-15-24)18-21-8-10-22(11-9-21)25-23(27)28/h3-7,21-22,25H,2,8-19H2,1H3,(H,27,28). The van der Waals surface area contributed by atoms with Gasteiger partial charge in [-0.2, -0.15) is 0 Å². The second kappa shape index (κ2) is 11.0. The van der Waals surface area contributed by atoms with Crippen molar-refractivity contribution < 1.29 is 14.6 Å². The van der Waals surface area contributed by atoms with Crippen LogP contribution in [-0.4, -0.2) is 55.0 Å².